The molecule has 4 heterocycles. The molecule has 0 atom stereocenters. The van der Waals surface area contributed by atoms with Crippen LogP contribution >= 0.6 is 0 Å². The van der Waals surface area contributed by atoms with E-state index in [9.17, 15) is 0 Å². The van der Waals surface area contributed by atoms with Crippen LogP contribution in [0.5, 0.6) is 0 Å². The van der Waals surface area contributed by atoms with Gasteiger partial charge in [-0.15, -0.1) is 0 Å². The fourth-order valence-electron chi connectivity index (χ4n) is 3.75. The van der Waals surface area contributed by atoms with Gasteiger partial charge in [0.15, 0.2) is 5.82 Å². The van der Waals surface area contributed by atoms with Crippen LogP contribution in [0.15, 0.2) is 42.6 Å². The highest BCUT2D eigenvalue weighted by Gasteiger charge is 2.14. The lowest BCUT2D eigenvalue weighted by Crippen LogP contribution is -2.03. The van der Waals surface area contributed by atoms with Crippen LogP contribution in [0.25, 0.3) is 28.0 Å². The Kier molecular flexibility index (Phi) is 4.13. The third-order valence-electron chi connectivity index (χ3n) is 5.09. The maximum Gasteiger partial charge on any atom is 0.215 e. The number of rotatable bonds is 4. The number of hydrogen-bond acceptors (Lipinski definition) is 5. The van der Waals surface area contributed by atoms with Crippen molar-refractivity contribution < 1.29 is 0 Å². The molecule has 0 radical (unpaired) electrons. The first-order chi connectivity index (χ1) is 14.5. The fourth-order valence-corrected chi connectivity index (χ4v) is 3.75. The summed E-state index contributed by atoms with van der Waals surface area (Å²) in [6.45, 7) is 7.98. The zero-order valence-corrected chi connectivity index (χ0v) is 17.3. The number of fused-ring (bicyclic) bond motifs is 1. The summed E-state index contributed by atoms with van der Waals surface area (Å²) in [4.78, 5) is 9.54. The van der Waals surface area contributed by atoms with Crippen molar-refractivity contribution in [1.29, 1.82) is 0 Å². The Morgan fingerprint density at radius 2 is 1.73 bits per heavy atom. The summed E-state index contributed by atoms with van der Waals surface area (Å²) in [5.41, 5.74) is 8.84. The molecule has 4 aromatic heterocycles. The molecule has 30 heavy (non-hydrogen) atoms. The highest BCUT2D eigenvalue weighted by molar-refractivity contribution is 5.76. The minimum Gasteiger partial charge on any atom is -0.308 e. The van der Waals surface area contributed by atoms with Crippen molar-refractivity contribution >= 4 is 17.4 Å². The van der Waals surface area contributed by atoms with Crippen molar-refractivity contribution in [3.8, 4) is 22.4 Å². The van der Waals surface area contributed by atoms with Crippen LogP contribution in [0.2, 0.25) is 0 Å². The Morgan fingerprint density at radius 1 is 0.900 bits per heavy atom. The first-order valence-electron chi connectivity index (χ1n) is 9.76. The van der Waals surface area contributed by atoms with Crippen molar-refractivity contribution in [3.63, 3.8) is 0 Å². The lowest BCUT2D eigenvalue weighted by molar-refractivity contribution is 1.02. The zero-order chi connectivity index (χ0) is 20.8. The molecule has 0 amide bonds. The van der Waals surface area contributed by atoms with Gasteiger partial charge in [0.05, 0.1) is 17.1 Å². The normalized spacial score (nSPS) is 11.3. The molecule has 5 aromatic rings. The third-order valence-corrected chi connectivity index (χ3v) is 5.09. The standard InChI is InChI=1S/C22H22N8/c1-12-8-19(29-26-12)25-22-24-18(10-20-23-13(2)11-30(20)22)16-6-5-7-17(9-16)21-14(3)27-28-15(21)4/h5-11H,1-4H3,(H,27,28)(H2,24,25,26,29). The van der Waals surface area contributed by atoms with Gasteiger partial charge < -0.3 is 5.32 Å². The van der Waals surface area contributed by atoms with Gasteiger partial charge in [-0.1, -0.05) is 18.2 Å². The summed E-state index contributed by atoms with van der Waals surface area (Å²) in [7, 11) is 0. The molecule has 1 aromatic carbocycles. The van der Waals surface area contributed by atoms with E-state index >= 15 is 0 Å². The van der Waals surface area contributed by atoms with Gasteiger partial charge in [0.2, 0.25) is 5.95 Å². The Hall–Kier alpha value is -3.94. The van der Waals surface area contributed by atoms with Gasteiger partial charge >= 0.3 is 0 Å². The molecule has 0 unspecified atom stereocenters. The second kappa shape index (κ2) is 6.84. The fraction of sp³-hybridized carbons (Fsp3) is 0.182. The number of H-pyrrole nitrogens is 2. The number of aromatic nitrogens is 7. The Bertz CT molecular complexity index is 1350. The lowest BCUT2D eigenvalue weighted by atomic mass is 10.0. The first-order valence-corrected chi connectivity index (χ1v) is 9.76. The SMILES string of the molecule is Cc1cn2c(Nc3cc(C)[nH]n3)nc(-c3cccc(-c4c(C)n[nH]c4C)c3)cc2n1. The van der Waals surface area contributed by atoms with E-state index in [0.29, 0.717) is 11.8 Å². The summed E-state index contributed by atoms with van der Waals surface area (Å²) >= 11 is 0. The van der Waals surface area contributed by atoms with E-state index in [4.69, 9.17) is 4.98 Å². The molecule has 8 nitrogen and oxygen atoms in total. The average Bonchev–Trinajstić information content (AvgIpc) is 3.40. The Balaban J connectivity index is 1.63. The van der Waals surface area contributed by atoms with Crippen LogP contribution in [0.3, 0.4) is 0 Å². The average molecular weight is 398 g/mol. The summed E-state index contributed by atoms with van der Waals surface area (Å²) in [5, 5.41) is 17.9. The van der Waals surface area contributed by atoms with Gasteiger partial charge in [0, 0.05) is 40.8 Å². The van der Waals surface area contributed by atoms with E-state index in [0.717, 1.165) is 50.8 Å². The minimum absolute atomic E-state index is 0.663. The molecular weight excluding hydrogens is 376 g/mol. The highest BCUT2D eigenvalue weighted by atomic mass is 15.3. The van der Waals surface area contributed by atoms with Gasteiger partial charge in [0.1, 0.15) is 5.65 Å². The van der Waals surface area contributed by atoms with Gasteiger partial charge in [-0.05, 0) is 39.3 Å². The first kappa shape index (κ1) is 18.1. The van der Waals surface area contributed by atoms with Gasteiger partial charge in [-0.2, -0.15) is 10.2 Å². The number of anilines is 2. The lowest BCUT2D eigenvalue weighted by Gasteiger charge is -2.10. The predicted octanol–water partition coefficient (Wildman–Crippen LogP) is 4.49. The van der Waals surface area contributed by atoms with Crippen LogP contribution in [0.1, 0.15) is 22.8 Å². The number of benzene rings is 1. The van der Waals surface area contributed by atoms with E-state index in [1.807, 2.05) is 56.5 Å². The third kappa shape index (κ3) is 3.12. The topological polar surface area (TPSA) is 99.6 Å². The maximum absolute atomic E-state index is 4.89. The van der Waals surface area contributed by atoms with Crippen molar-refractivity contribution in [1.82, 2.24) is 34.8 Å². The number of nitrogens with one attached hydrogen (secondary N) is 3. The highest BCUT2D eigenvalue weighted by Crippen LogP contribution is 2.30. The molecule has 0 fully saturated rings. The van der Waals surface area contributed by atoms with Gasteiger partial charge in [-0.3, -0.25) is 14.6 Å². The molecule has 0 bridgehead atoms. The smallest absolute Gasteiger partial charge is 0.215 e. The molecule has 0 aliphatic rings. The summed E-state index contributed by atoms with van der Waals surface area (Å²) in [5.74, 6) is 1.37. The second-order valence-corrected chi connectivity index (χ2v) is 7.53. The molecule has 0 saturated heterocycles. The number of aromatic amines is 2. The van der Waals surface area contributed by atoms with Crippen LogP contribution < -0.4 is 5.32 Å². The molecule has 8 heteroatoms. The van der Waals surface area contributed by atoms with E-state index in [2.05, 4.69) is 48.9 Å². The quantitative estimate of drug-likeness (QED) is 0.414. The predicted molar refractivity (Wildman–Crippen MR) is 117 cm³/mol. The van der Waals surface area contributed by atoms with Crippen LogP contribution in [-0.4, -0.2) is 34.8 Å². The molecule has 5 rings (SSSR count). The number of nitrogens with zero attached hydrogens (tertiary/aromatic N) is 5. The van der Waals surface area contributed by atoms with Crippen LogP contribution in [0, 0.1) is 27.7 Å². The van der Waals surface area contributed by atoms with Gasteiger partial charge in [-0.25, -0.2) is 9.97 Å². The van der Waals surface area contributed by atoms with Crippen LogP contribution in [-0.2, 0) is 0 Å². The maximum atomic E-state index is 4.89. The largest absolute Gasteiger partial charge is 0.308 e. The monoisotopic (exact) mass is 398 g/mol. The summed E-state index contributed by atoms with van der Waals surface area (Å²) in [6.07, 6.45) is 1.96. The molecule has 0 spiro atoms. The van der Waals surface area contributed by atoms with Crippen LogP contribution in [0.4, 0.5) is 11.8 Å². The minimum atomic E-state index is 0.663. The zero-order valence-electron chi connectivity index (χ0n) is 17.3. The van der Waals surface area contributed by atoms with E-state index < -0.39 is 0 Å². The molecular formula is C22H22N8. The molecule has 3 N–H and O–H groups in total. The summed E-state index contributed by atoms with van der Waals surface area (Å²) < 4.78 is 1.94. The van der Waals surface area contributed by atoms with Crippen molar-refractivity contribution in [3.05, 3.63) is 65.4 Å². The van der Waals surface area contributed by atoms with Crippen molar-refractivity contribution in [2.75, 3.05) is 5.32 Å². The van der Waals surface area contributed by atoms with Crippen molar-refractivity contribution in [2.45, 2.75) is 27.7 Å². The molecule has 0 aliphatic carbocycles. The van der Waals surface area contributed by atoms with Gasteiger partial charge in [0.25, 0.3) is 0 Å². The molecule has 0 aliphatic heterocycles. The molecule has 0 saturated carbocycles. The Labute approximate surface area is 173 Å². The Morgan fingerprint density at radius 3 is 2.47 bits per heavy atom. The molecule has 150 valence electrons. The number of imidazole rings is 1. The van der Waals surface area contributed by atoms with E-state index in [1.54, 1.807) is 0 Å². The van der Waals surface area contributed by atoms with Crippen molar-refractivity contribution in [2.24, 2.45) is 0 Å². The number of aryl methyl sites for hydroxylation is 4. The second-order valence-electron chi connectivity index (χ2n) is 7.53. The summed E-state index contributed by atoms with van der Waals surface area (Å²) in [6, 6.07) is 12.3. The number of hydrogen-bond donors (Lipinski definition) is 3. The van der Waals surface area contributed by atoms with E-state index in [1.165, 1.54) is 0 Å². The van der Waals surface area contributed by atoms with E-state index in [-0.39, 0.29) is 0 Å².